The van der Waals surface area contributed by atoms with Crippen molar-refractivity contribution in [3.05, 3.63) is 81.4 Å². The van der Waals surface area contributed by atoms with Crippen LogP contribution in [0.15, 0.2) is 62.6 Å². The van der Waals surface area contributed by atoms with Crippen molar-refractivity contribution in [2.24, 2.45) is 5.92 Å². The number of fused-ring (bicyclic) bond motifs is 1. The zero-order valence-corrected chi connectivity index (χ0v) is 20.2. The zero-order chi connectivity index (χ0) is 24.6. The van der Waals surface area contributed by atoms with Crippen LogP contribution in [-0.2, 0) is 22.9 Å². The van der Waals surface area contributed by atoms with Gasteiger partial charge in [-0.1, -0.05) is 31.0 Å². The van der Waals surface area contributed by atoms with Gasteiger partial charge < -0.3 is 14.6 Å². The quantitative estimate of drug-likeness (QED) is 0.440. The average molecular weight is 496 g/mol. The fraction of sp³-hybridized carbons (Fsp3) is 0.370. The van der Waals surface area contributed by atoms with E-state index in [1.165, 1.54) is 24.3 Å². The van der Waals surface area contributed by atoms with Gasteiger partial charge in [0, 0.05) is 29.7 Å². The van der Waals surface area contributed by atoms with Gasteiger partial charge in [0.25, 0.3) is 10.0 Å². The van der Waals surface area contributed by atoms with Gasteiger partial charge in [-0.05, 0) is 67.9 Å². The van der Waals surface area contributed by atoms with Gasteiger partial charge in [0.2, 0.25) is 0 Å². The van der Waals surface area contributed by atoms with E-state index in [1.807, 2.05) is 6.07 Å². The molecule has 8 heteroatoms. The lowest BCUT2D eigenvalue weighted by Crippen LogP contribution is -2.19. The van der Waals surface area contributed by atoms with Crippen molar-refractivity contribution < 1.29 is 23.0 Å². The summed E-state index contributed by atoms with van der Waals surface area (Å²) in [6, 6.07) is 12.4. The first kappa shape index (κ1) is 23.5. The Labute approximate surface area is 204 Å². The largest absolute Gasteiger partial charge is 0.508 e. The second kappa shape index (κ2) is 9.41. The molecule has 0 spiro atoms. The van der Waals surface area contributed by atoms with E-state index in [0.717, 1.165) is 49.7 Å². The monoisotopic (exact) mass is 495 g/mol. The number of hydrogen-bond donors (Lipinski definition) is 3. The van der Waals surface area contributed by atoms with Crippen molar-refractivity contribution in [3.63, 3.8) is 0 Å². The number of anilines is 1. The van der Waals surface area contributed by atoms with Crippen molar-refractivity contribution >= 4 is 15.7 Å². The van der Waals surface area contributed by atoms with Gasteiger partial charge >= 0.3 is 5.63 Å². The van der Waals surface area contributed by atoms with Crippen LogP contribution >= 0.6 is 0 Å². The van der Waals surface area contributed by atoms with Gasteiger partial charge in [0.05, 0.1) is 10.5 Å². The van der Waals surface area contributed by atoms with Crippen LogP contribution in [0.5, 0.6) is 11.5 Å². The number of hydrogen-bond acceptors (Lipinski definition) is 6. The first-order chi connectivity index (χ1) is 16.8. The molecule has 0 radical (unpaired) electrons. The molecule has 2 aromatic carbocycles. The van der Waals surface area contributed by atoms with E-state index in [9.17, 15) is 23.4 Å². The Bertz CT molecular complexity index is 1410. The summed E-state index contributed by atoms with van der Waals surface area (Å²) in [7, 11) is -3.92. The Kier molecular flexibility index (Phi) is 6.32. The molecule has 0 amide bonds. The molecule has 1 aromatic heterocycles. The predicted octanol–water partition coefficient (Wildman–Crippen LogP) is 5.05. The number of nitrogens with one attached hydrogen (secondary N) is 1. The molecule has 7 nitrogen and oxygen atoms in total. The number of aryl methyl sites for hydroxylation is 1. The first-order valence-electron chi connectivity index (χ1n) is 12.1. The first-order valence-corrected chi connectivity index (χ1v) is 13.6. The van der Waals surface area contributed by atoms with Crippen molar-refractivity contribution in [3.8, 4) is 11.5 Å². The van der Waals surface area contributed by atoms with E-state index >= 15 is 0 Å². The van der Waals surface area contributed by atoms with Crippen LogP contribution in [0.1, 0.15) is 66.9 Å². The van der Waals surface area contributed by atoms with Crippen LogP contribution in [0.25, 0.3) is 0 Å². The van der Waals surface area contributed by atoms with E-state index in [0.29, 0.717) is 24.3 Å². The number of benzene rings is 2. The van der Waals surface area contributed by atoms with Gasteiger partial charge in [-0.3, -0.25) is 4.72 Å². The molecule has 35 heavy (non-hydrogen) atoms. The highest BCUT2D eigenvalue weighted by molar-refractivity contribution is 7.92. The van der Waals surface area contributed by atoms with Crippen molar-refractivity contribution in [1.82, 2.24) is 0 Å². The highest BCUT2D eigenvalue weighted by Gasteiger charge is 2.38. The van der Waals surface area contributed by atoms with E-state index < -0.39 is 15.6 Å². The summed E-state index contributed by atoms with van der Waals surface area (Å²) in [5.74, 6) is 0.288. The van der Waals surface area contributed by atoms with Gasteiger partial charge in [-0.2, -0.15) is 0 Å². The maximum Gasteiger partial charge on any atom is 0.343 e. The Hall–Kier alpha value is -3.26. The second-order valence-corrected chi connectivity index (χ2v) is 11.2. The van der Waals surface area contributed by atoms with Gasteiger partial charge in [-0.15, -0.1) is 0 Å². The normalized spacial score (nSPS) is 17.1. The van der Waals surface area contributed by atoms with E-state index in [2.05, 4.69) is 4.72 Å². The van der Waals surface area contributed by atoms with E-state index in [1.54, 1.807) is 18.2 Å². The molecule has 1 saturated carbocycles. The molecule has 184 valence electrons. The van der Waals surface area contributed by atoms with Crippen LogP contribution < -0.4 is 10.3 Å². The van der Waals surface area contributed by atoms with Crippen LogP contribution in [0.4, 0.5) is 5.69 Å². The van der Waals surface area contributed by atoms with Gasteiger partial charge in [-0.25, -0.2) is 13.2 Å². The fourth-order valence-electron chi connectivity index (χ4n) is 5.06. The number of phenolic OH excluding ortho intramolecular Hbond substituents is 1. The Balaban J connectivity index is 1.52. The molecule has 3 aromatic rings. The predicted molar refractivity (Wildman–Crippen MR) is 132 cm³/mol. The molecule has 2 aliphatic carbocycles. The lowest BCUT2D eigenvalue weighted by atomic mass is 9.85. The van der Waals surface area contributed by atoms with Crippen LogP contribution in [-0.4, -0.2) is 18.6 Å². The Morgan fingerprint density at radius 1 is 0.943 bits per heavy atom. The maximum absolute atomic E-state index is 13.1. The smallest absolute Gasteiger partial charge is 0.343 e. The summed E-state index contributed by atoms with van der Waals surface area (Å²) in [5.41, 5.74) is 1.60. The minimum absolute atomic E-state index is 0.0424. The molecule has 1 heterocycles. The molecule has 5 rings (SSSR count). The Morgan fingerprint density at radius 3 is 2.43 bits per heavy atom. The molecule has 1 atom stereocenters. The standard InChI is InChI=1S/C27H29NO6S/c29-20-9-6-10-21(16-20)35(32,33)28-19-8-5-7-18(15-19)24(17-13-14-17)25-26(30)22-11-3-1-2-4-12-23(22)34-27(25)31/h5-10,15-17,24,28-30H,1-4,11-14H2. The van der Waals surface area contributed by atoms with Crippen LogP contribution in [0.2, 0.25) is 0 Å². The number of rotatable bonds is 6. The van der Waals surface area contributed by atoms with Gasteiger partial charge in [0.15, 0.2) is 0 Å². The molecule has 2 aliphatic rings. The molecule has 0 aliphatic heterocycles. The Morgan fingerprint density at radius 2 is 1.69 bits per heavy atom. The fourth-order valence-corrected chi connectivity index (χ4v) is 6.15. The highest BCUT2D eigenvalue weighted by Crippen LogP contribution is 2.49. The minimum Gasteiger partial charge on any atom is -0.508 e. The zero-order valence-electron chi connectivity index (χ0n) is 19.4. The van der Waals surface area contributed by atoms with Crippen LogP contribution in [0.3, 0.4) is 0 Å². The summed E-state index contributed by atoms with van der Waals surface area (Å²) in [4.78, 5) is 13.1. The maximum atomic E-state index is 13.1. The molecular weight excluding hydrogens is 466 g/mol. The topological polar surface area (TPSA) is 117 Å². The van der Waals surface area contributed by atoms with Crippen molar-refractivity contribution in [2.75, 3.05) is 4.72 Å². The molecule has 0 saturated heterocycles. The lowest BCUT2D eigenvalue weighted by molar-refractivity contribution is 0.382. The molecular formula is C27H29NO6S. The summed E-state index contributed by atoms with van der Waals surface area (Å²) in [6.07, 6.45) is 7.20. The van der Waals surface area contributed by atoms with E-state index in [-0.39, 0.29) is 33.8 Å². The molecule has 1 fully saturated rings. The minimum atomic E-state index is -3.92. The third-order valence-electron chi connectivity index (χ3n) is 6.92. The molecule has 1 unspecified atom stereocenters. The lowest BCUT2D eigenvalue weighted by Gasteiger charge is -2.22. The van der Waals surface area contributed by atoms with Crippen LogP contribution in [0, 0.1) is 5.92 Å². The average Bonchev–Trinajstić information content (AvgIpc) is 3.63. The summed E-state index contributed by atoms with van der Waals surface area (Å²) in [5, 5.41) is 20.9. The third kappa shape index (κ3) is 4.93. The molecule has 3 N–H and O–H groups in total. The summed E-state index contributed by atoms with van der Waals surface area (Å²) >= 11 is 0. The van der Waals surface area contributed by atoms with Gasteiger partial charge in [0.1, 0.15) is 17.3 Å². The van der Waals surface area contributed by atoms with E-state index in [4.69, 9.17) is 4.42 Å². The second-order valence-electron chi connectivity index (χ2n) is 9.51. The number of aromatic hydroxyl groups is 2. The van der Waals surface area contributed by atoms with Crippen molar-refractivity contribution in [1.29, 1.82) is 0 Å². The number of phenols is 1. The van der Waals surface area contributed by atoms with Crippen molar-refractivity contribution in [2.45, 2.75) is 62.2 Å². The summed E-state index contributed by atoms with van der Waals surface area (Å²) in [6.45, 7) is 0. The third-order valence-corrected chi connectivity index (χ3v) is 8.30. The highest BCUT2D eigenvalue weighted by atomic mass is 32.2. The summed E-state index contributed by atoms with van der Waals surface area (Å²) < 4.78 is 34.0. The SMILES string of the molecule is O=c1oc2c(c(O)c1C(c1cccc(NS(=O)(=O)c3cccc(O)c3)c1)C1CC1)CCCCCC2. The number of sulfonamides is 1. The molecule has 0 bridgehead atoms.